The number of aromatic nitrogens is 2. The van der Waals surface area contributed by atoms with Gasteiger partial charge in [-0.25, -0.2) is 17.8 Å². The highest BCUT2D eigenvalue weighted by molar-refractivity contribution is 7.89. The predicted octanol–water partition coefficient (Wildman–Crippen LogP) is 1.03. The van der Waals surface area contributed by atoms with Gasteiger partial charge in [0, 0.05) is 51.7 Å². The molecule has 0 saturated carbocycles. The molecule has 2 heterocycles. The molecule has 1 aromatic heterocycles. The van der Waals surface area contributed by atoms with E-state index < -0.39 is 15.8 Å². The van der Waals surface area contributed by atoms with Crippen LogP contribution in [0.3, 0.4) is 0 Å². The van der Waals surface area contributed by atoms with Gasteiger partial charge in [-0.2, -0.15) is 4.31 Å². The van der Waals surface area contributed by atoms with Gasteiger partial charge in [0.2, 0.25) is 10.0 Å². The number of hydrogen-bond donors (Lipinski definition) is 0. The molecule has 0 aliphatic carbocycles. The lowest BCUT2D eigenvalue weighted by molar-refractivity contribution is 0.183. The van der Waals surface area contributed by atoms with E-state index in [0.717, 1.165) is 19.2 Å². The van der Waals surface area contributed by atoms with Crippen LogP contribution in [0.25, 0.3) is 0 Å². The number of halogens is 1. The highest BCUT2D eigenvalue weighted by Gasteiger charge is 2.28. The average Bonchev–Trinajstić information content (AvgIpc) is 3.07. The van der Waals surface area contributed by atoms with Crippen LogP contribution < -0.4 is 0 Å². The molecule has 3 rings (SSSR count). The quantitative estimate of drug-likeness (QED) is 0.817. The zero-order valence-corrected chi connectivity index (χ0v) is 13.5. The topological polar surface area (TPSA) is 58.4 Å². The van der Waals surface area contributed by atoms with Crippen LogP contribution in [0.1, 0.15) is 0 Å². The lowest BCUT2D eigenvalue weighted by Gasteiger charge is -2.34. The van der Waals surface area contributed by atoms with Crippen LogP contribution in [0.2, 0.25) is 0 Å². The molecular weight excluding hydrogens is 319 g/mol. The molecule has 8 heteroatoms. The maximum absolute atomic E-state index is 13.3. The first kappa shape index (κ1) is 16.1. The van der Waals surface area contributed by atoms with E-state index in [1.807, 2.05) is 10.8 Å². The number of imidazole rings is 1. The summed E-state index contributed by atoms with van der Waals surface area (Å²) >= 11 is 0. The summed E-state index contributed by atoms with van der Waals surface area (Å²) in [6.07, 6.45) is 5.42. The lowest BCUT2D eigenvalue weighted by atomic mass is 10.3. The largest absolute Gasteiger partial charge is 0.336 e. The van der Waals surface area contributed by atoms with Crippen LogP contribution in [0, 0.1) is 5.82 Å². The second-order valence-corrected chi connectivity index (χ2v) is 7.44. The highest BCUT2D eigenvalue weighted by Crippen LogP contribution is 2.18. The summed E-state index contributed by atoms with van der Waals surface area (Å²) in [5.74, 6) is -0.537. The summed E-state index contributed by atoms with van der Waals surface area (Å²) in [5, 5.41) is 0. The molecule has 0 radical (unpaired) electrons. The maximum Gasteiger partial charge on any atom is 0.243 e. The Balaban J connectivity index is 1.57. The molecule has 1 aliphatic heterocycles. The molecule has 0 amide bonds. The first-order valence-corrected chi connectivity index (χ1v) is 8.93. The van der Waals surface area contributed by atoms with Crippen molar-refractivity contribution in [2.75, 3.05) is 32.7 Å². The Morgan fingerprint density at radius 2 is 1.91 bits per heavy atom. The number of rotatable bonds is 5. The fourth-order valence-corrected chi connectivity index (χ4v) is 4.10. The van der Waals surface area contributed by atoms with E-state index in [-0.39, 0.29) is 4.90 Å². The van der Waals surface area contributed by atoms with Crippen molar-refractivity contribution in [2.24, 2.45) is 0 Å². The Kier molecular flexibility index (Phi) is 4.74. The third-order valence-electron chi connectivity index (χ3n) is 4.00. The Hall–Kier alpha value is -1.77. The van der Waals surface area contributed by atoms with Crippen molar-refractivity contribution in [1.29, 1.82) is 0 Å². The van der Waals surface area contributed by atoms with Crippen molar-refractivity contribution in [3.63, 3.8) is 0 Å². The first-order valence-electron chi connectivity index (χ1n) is 7.49. The second kappa shape index (κ2) is 6.77. The molecule has 1 aromatic carbocycles. The number of sulfonamides is 1. The number of benzene rings is 1. The molecule has 1 aliphatic rings. The first-order chi connectivity index (χ1) is 11.1. The Morgan fingerprint density at radius 3 is 2.57 bits per heavy atom. The standard InChI is InChI=1S/C15H19FN4O2S/c16-14-2-1-3-15(12-14)23(21,22)20-10-8-18(9-11-20)6-7-19-5-4-17-13-19/h1-5,12-13H,6-11H2. The second-order valence-electron chi connectivity index (χ2n) is 5.50. The van der Waals surface area contributed by atoms with Crippen LogP contribution >= 0.6 is 0 Å². The van der Waals surface area contributed by atoms with Crippen molar-refractivity contribution < 1.29 is 12.8 Å². The van der Waals surface area contributed by atoms with Crippen molar-refractivity contribution >= 4 is 10.0 Å². The summed E-state index contributed by atoms with van der Waals surface area (Å²) in [7, 11) is -3.61. The molecule has 1 saturated heterocycles. The van der Waals surface area contributed by atoms with Crippen LogP contribution in [0.5, 0.6) is 0 Å². The van der Waals surface area contributed by atoms with Gasteiger partial charge >= 0.3 is 0 Å². The van der Waals surface area contributed by atoms with Crippen LogP contribution in [0.15, 0.2) is 47.9 Å². The molecule has 0 atom stereocenters. The summed E-state index contributed by atoms with van der Waals surface area (Å²) in [5.41, 5.74) is 0. The molecule has 0 spiro atoms. The molecule has 1 fully saturated rings. The third kappa shape index (κ3) is 3.77. The highest BCUT2D eigenvalue weighted by atomic mass is 32.2. The van der Waals surface area contributed by atoms with E-state index >= 15 is 0 Å². The van der Waals surface area contributed by atoms with E-state index in [1.54, 1.807) is 12.5 Å². The van der Waals surface area contributed by atoms with Crippen molar-refractivity contribution in [2.45, 2.75) is 11.4 Å². The molecule has 0 bridgehead atoms. The van der Waals surface area contributed by atoms with Crippen LogP contribution in [-0.4, -0.2) is 59.9 Å². The zero-order chi connectivity index (χ0) is 16.3. The Bertz CT molecular complexity index is 741. The van der Waals surface area contributed by atoms with Gasteiger partial charge in [-0.3, -0.25) is 4.90 Å². The fourth-order valence-electron chi connectivity index (χ4n) is 2.65. The van der Waals surface area contributed by atoms with Gasteiger partial charge in [0.15, 0.2) is 0 Å². The van der Waals surface area contributed by atoms with E-state index in [1.165, 1.54) is 22.5 Å². The Labute approximate surface area is 135 Å². The summed E-state index contributed by atoms with van der Waals surface area (Å²) in [4.78, 5) is 6.23. The fraction of sp³-hybridized carbons (Fsp3) is 0.400. The van der Waals surface area contributed by atoms with Gasteiger partial charge in [-0.05, 0) is 18.2 Å². The molecule has 0 unspecified atom stereocenters. The number of piperazine rings is 1. The van der Waals surface area contributed by atoms with Crippen molar-refractivity contribution in [3.05, 3.63) is 48.8 Å². The molecule has 2 aromatic rings. The van der Waals surface area contributed by atoms with Gasteiger partial charge in [0.05, 0.1) is 11.2 Å². The van der Waals surface area contributed by atoms with E-state index in [9.17, 15) is 12.8 Å². The average molecular weight is 338 g/mol. The molecular formula is C15H19FN4O2S. The Morgan fingerprint density at radius 1 is 1.13 bits per heavy atom. The maximum atomic E-state index is 13.3. The van der Waals surface area contributed by atoms with Crippen molar-refractivity contribution in [1.82, 2.24) is 18.8 Å². The third-order valence-corrected chi connectivity index (χ3v) is 5.89. The van der Waals surface area contributed by atoms with Gasteiger partial charge in [0.1, 0.15) is 5.82 Å². The van der Waals surface area contributed by atoms with Gasteiger partial charge < -0.3 is 4.57 Å². The number of hydrogen-bond acceptors (Lipinski definition) is 4. The van der Waals surface area contributed by atoms with Gasteiger partial charge in [-0.1, -0.05) is 6.07 Å². The van der Waals surface area contributed by atoms with Gasteiger partial charge in [0.25, 0.3) is 0 Å². The molecule has 124 valence electrons. The van der Waals surface area contributed by atoms with E-state index in [2.05, 4.69) is 9.88 Å². The van der Waals surface area contributed by atoms with Crippen LogP contribution in [0.4, 0.5) is 4.39 Å². The molecule has 6 nitrogen and oxygen atoms in total. The minimum atomic E-state index is -3.61. The summed E-state index contributed by atoms with van der Waals surface area (Å²) in [6.45, 7) is 3.86. The zero-order valence-electron chi connectivity index (χ0n) is 12.7. The summed E-state index contributed by atoms with van der Waals surface area (Å²) in [6, 6.07) is 5.17. The normalized spacial score (nSPS) is 17.4. The lowest BCUT2D eigenvalue weighted by Crippen LogP contribution is -2.49. The van der Waals surface area contributed by atoms with E-state index in [0.29, 0.717) is 26.2 Å². The van der Waals surface area contributed by atoms with Gasteiger partial charge in [-0.15, -0.1) is 0 Å². The van der Waals surface area contributed by atoms with Crippen LogP contribution in [-0.2, 0) is 16.6 Å². The minimum Gasteiger partial charge on any atom is -0.336 e. The summed E-state index contributed by atoms with van der Waals surface area (Å²) < 4.78 is 41.7. The molecule has 0 N–H and O–H groups in total. The predicted molar refractivity (Wildman–Crippen MR) is 83.8 cm³/mol. The van der Waals surface area contributed by atoms with E-state index in [4.69, 9.17) is 0 Å². The monoisotopic (exact) mass is 338 g/mol. The number of nitrogens with zero attached hydrogens (tertiary/aromatic N) is 4. The SMILES string of the molecule is O=S(=O)(c1cccc(F)c1)N1CCN(CCn2ccnc2)CC1. The smallest absolute Gasteiger partial charge is 0.243 e. The molecule has 23 heavy (non-hydrogen) atoms. The minimum absolute atomic E-state index is 0.0179. The van der Waals surface area contributed by atoms with Crippen molar-refractivity contribution in [3.8, 4) is 0 Å².